The van der Waals surface area contributed by atoms with E-state index >= 15 is 0 Å². The number of rotatable bonds is 4. The van der Waals surface area contributed by atoms with Crippen LogP contribution in [0.5, 0.6) is 0 Å². The van der Waals surface area contributed by atoms with E-state index in [1.807, 2.05) is 18.7 Å². The lowest BCUT2D eigenvalue weighted by molar-refractivity contribution is 0.729. The molecule has 1 aromatic rings. The van der Waals surface area contributed by atoms with Crippen LogP contribution in [0.2, 0.25) is 0 Å². The van der Waals surface area contributed by atoms with Crippen LogP contribution in [-0.4, -0.2) is 35.9 Å². The second kappa shape index (κ2) is 6.70. The van der Waals surface area contributed by atoms with E-state index < -0.39 is 0 Å². The minimum absolute atomic E-state index is 0.477. The van der Waals surface area contributed by atoms with Gasteiger partial charge in [0.05, 0.1) is 12.2 Å². The molecule has 0 amide bonds. The highest BCUT2D eigenvalue weighted by Gasteiger charge is 2.08. The molecular weight excluding hydrogens is 226 g/mol. The lowest BCUT2D eigenvalue weighted by Gasteiger charge is -2.09. The van der Waals surface area contributed by atoms with E-state index in [1.54, 1.807) is 7.05 Å². The summed E-state index contributed by atoms with van der Waals surface area (Å²) in [5, 5.41) is 10.6. The van der Waals surface area contributed by atoms with Gasteiger partial charge in [0.1, 0.15) is 0 Å². The Morgan fingerprint density at radius 3 is 2.67 bits per heavy atom. The molecule has 2 N–H and O–H groups in total. The number of terminal acetylenes is 1. The van der Waals surface area contributed by atoms with Crippen LogP contribution in [0.15, 0.2) is 4.99 Å². The van der Waals surface area contributed by atoms with E-state index in [0.717, 1.165) is 24.6 Å². The van der Waals surface area contributed by atoms with Gasteiger partial charge in [-0.1, -0.05) is 5.92 Å². The standard InChI is InChI=1S/C13H21N5/c1-6-8-15-13(14-4)16-9-7-12-10(2)17-18(5)11(12)3/h1H,7-9H2,2-5H3,(H2,14,15,16). The molecule has 0 aliphatic carbocycles. The predicted octanol–water partition coefficient (Wildman–Crippen LogP) is 0.378. The maximum Gasteiger partial charge on any atom is 0.191 e. The fourth-order valence-electron chi connectivity index (χ4n) is 1.84. The summed E-state index contributed by atoms with van der Waals surface area (Å²) < 4.78 is 1.91. The lowest BCUT2D eigenvalue weighted by Crippen LogP contribution is -2.38. The first kappa shape index (κ1) is 14.1. The van der Waals surface area contributed by atoms with E-state index in [2.05, 4.69) is 33.6 Å². The van der Waals surface area contributed by atoms with Crippen LogP contribution in [0.25, 0.3) is 0 Å². The van der Waals surface area contributed by atoms with Crippen molar-refractivity contribution in [2.45, 2.75) is 20.3 Å². The Morgan fingerprint density at radius 2 is 2.17 bits per heavy atom. The lowest BCUT2D eigenvalue weighted by atomic mass is 10.1. The number of aliphatic imine (C=N–C) groups is 1. The van der Waals surface area contributed by atoms with Crippen LogP contribution in [-0.2, 0) is 13.5 Å². The highest BCUT2D eigenvalue weighted by atomic mass is 15.3. The van der Waals surface area contributed by atoms with Crippen molar-refractivity contribution in [3.63, 3.8) is 0 Å². The second-order valence-electron chi connectivity index (χ2n) is 4.08. The molecule has 1 rings (SSSR count). The van der Waals surface area contributed by atoms with Gasteiger partial charge in [-0.25, -0.2) is 0 Å². The molecule has 5 heteroatoms. The fourth-order valence-corrected chi connectivity index (χ4v) is 1.84. The van der Waals surface area contributed by atoms with Gasteiger partial charge in [-0.15, -0.1) is 6.42 Å². The van der Waals surface area contributed by atoms with Gasteiger partial charge in [0.2, 0.25) is 0 Å². The average molecular weight is 247 g/mol. The molecule has 0 aromatic carbocycles. The zero-order chi connectivity index (χ0) is 13.5. The average Bonchev–Trinajstić information content (AvgIpc) is 2.59. The van der Waals surface area contributed by atoms with Crippen LogP contribution < -0.4 is 10.6 Å². The number of hydrogen-bond acceptors (Lipinski definition) is 2. The third-order valence-electron chi connectivity index (χ3n) is 2.91. The molecule has 98 valence electrons. The fraction of sp³-hybridized carbons (Fsp3) is 0.538. The zero-order valence-electron chi connectivity index (χ0n) is 11.5. The minimum atomic E-state index is 0.477. The second-order valence-corrected chi connectivity index (χ2v) is 4.08. The van der Waals surface area contributed by atoms with Crippen molar-refractivity contribution < 1.29 is 0 Å². The first-order chi connectivity index (χ1) is 8.60. The third-order valence-corrected chi connectivity index (χ3v) is 2.91. The maximum atomic E-state index is 5.19. The van der Waals surface area contributed by atoms with Crippen LogP contribution >= 0.6 is 0 Å². The van der Waals surface area contributed by atoms with Crippen molar-refractivity contribution in [2.24, 2.45) is 12.0 Å². The minimum Gasteiger partial charge on any atom is -0.356 e. The van der Waals surface area contributed by atoms with E-state index in [0.29, 0.717) is 6.54 Å². The van der Waals surface area contributed by atoms with E-state index in [4.69, 9.17) is 6.42 Å². The molecule has 0 saturated carbocycles. The SMILES string of the molecule is C#CCNC(=NC)NCCc1c(C)nn(C)c1C. The molecule has 1 heterocycles. The van der Waals surface area contributed by atoms with Gasteiger partial charge < -0.3 is 10.6 Å². The van der Waals surface area contributed by atoms with Crippen molar-refractivity contribution in [3.8, 4) is 12.3 Å². The molecule has 0 saturated heterocycles. The van der Waals surface area contributed by atoms with Crippen molar-refractivity contribution >= 4 is 5.96 Å². The summed E-state index contributed by atoms with van der Waals surface area (Å²) in [5.41, 5.74) is 3.58. The maximum absolute atomic E-state index is 5.19. The third kappa shape index (κ3) is 3.52. The number of nitrogens with zero attached hydrogens (tertiary/aromatic N) is 3. The summed E-state index contributed by atoms with van der Waals surface area (Å²) in [6.07, 6.45) is 6.11. The highest BCUT2D eigenvalue weighted by molar-refractivity contribution is 5.79. The van der Waals surface area contributed by atoms with Gasteiger partial charge in [-0.05, 0) is 25.8 Å². The normalized spacial score (nSPS) is 11.2. The molecule has 0 radical (unpaired) electrons. The van der Waals surface area contributed by atoms with Crippen LogP contribution in [0, 0.1) is 26.2 Å². The number of aromatic nitrogens is 2. The van der Waals surface area contributed by atoms with Gasteiger partial charge in [-0.2, -0.15) is 5.10 Å². The molecule has 0 aliphatic rings. The predicted molar refractivity (Wildman–Crippen MR) is 74.6 cm³/mol. The Hall–Kier alpha value is -1.96. The van der Waals surface area contributed by atoms with Crippen LogP contribution in [0.1, 0.15) is 17.0 Å². The smallest absolute Gasteiger partial charge is 0.191 e. The van der Waals surface area contributed by atoms with Gasteiger partial charge in [0.15, 0.2) is 5.96 Å². The monoisotopic (exact) mass is 247 g/mol. The van der Waals surface area contributed by atoms with Gasteiger partial charge >= 0.3 is 0 Å². The quantitative estimate of drug-likeness (QED) is 0.459. The van der Waals surface area contributed by atoms with Crippen LogP contribution in [0.3, 0.4) is 0 Å². The number of nitrogens with one attached hydrogen (secondary N) is 2. The summed E-state index contributed by atoms with van der Waals surface area (Å²) in [4.78, 5) is 4.08. The Bertz CT molecular complexity index is 464. The largest absolute Gasteiger partial charge is 0.356 e. The molecular formula is C13H21N5. The topological polar surface area (TPSA) is 54.2 Å². The molecule has 5 nitrogen and oxygen atoms in total. The van der Waals surface area contributed by atoms with E-state index in [1.165, 1.54) is 11.3 Å². The van der Waals surface area contributed by atoms with Crippen molar-refractivity contribution in [1.29, 1.82) is 0 Å². The Balaban J connectivity index is 2.49. The number of aryl methyl sites for hydroxylation is 2. The van der Waals surface area contributed by atoms with E-state index in [-0.39, 0.29) is 0 Å². The molecule has 0 atom stereocenters. The van der Waals surface area contributed by atoms with Gasteiger partial charge in [-0.3, -0.25) is 9.67 Å². The highest BCUT2D eigenvalue weighted by Crippen LogP contribution is 2.11. The first-order valence-corrected chi connectivity index (χ1v) is 5.97. The summed E-state index contributed by atoms with van der Waals surface area (Å²) in [7, 11) is 3.69. The molecule has 0 spiro atoms. The molecule has 0 bridgehead atoms. The molecule has 1 aromatic heterocycles. The summed E-state index contributed by atoms with van der Waals surface area (Å²) >= 11 is 0. The summed E-state index contributed by atoms with van der Waals surface area (Å²) in [6, 6.07) is 0. The summed E-state index contributed by atoms with van der Waals surface area (Å²) in [6.45, 7) is 5.40. The molecule has 0 fully saturated rings. The van der Waals surface area contributed by atoms with Crippen LogP contribution in [0.4, 0.5) is 0 Å². The molecule has 0 aliphatic heterocycles. The number of hydrogen-bond donors (Lipinski definition) is 2. The first-order valence-electron chi connectivity index (χ1n) is 5.97. The number of guanidine groups is 1. The molecule has 18 heavy (non-hydrogen) atoms. The summed E-state index contributed by atoms with van der Waals surface area (Å²) in [5.74, 6) is 3.25. The van der Waals surface area contributed by atoms with Gasteiger partial charge in [0, 0.05) is 26.3 Å². The van der Waals surface area contributed by atoms with Crippen molar-refractivity contribution in [1.82, 2.24) is 20.4 Å². The van der Waals surface area contributed by atoms with Gasteiger partial charge in [0.25, 0.3) is 0 Å². The van der Waals surface area contributed by atoms with Crippen molar-refractivity contribution in [2.75, 3.05) is 20.1 Å². The zero-order valence-corrected chi connectivity index (χ0v) is 11.5. The Kier molecular flexibility index (Phi) is 5.25. The molecule has 0 unspecified atom stereocenters. The Labute approximate surface area is 109 Å². The van der Waals surface area contributed by atoms with E-state index in [9.17, 15) is 0 Å². The van der Waals surface area contributed by atoms with Crippen molar-refractivity contribution in [3.05, 3.63) is 17.0 Å². The Morgan fingerprint density at radius 1 is 1.44 bits per heavy atom.